The van der Waals surface area contributed by atoms with Crippen LogP contribution in [-0.2, 0) is 16.1 Å². The maximum absolute atomic E-state index is 14.3. The minimum absolute atomic E-state index is 0.0591. The Morgan fingerprint density at radius 3 is 2.29 bits per heavy atom. The molecule has 3 aromatic rings. The van der Waals surface area contributed by atoms with Crippen LogP contribution in [-0.4, -0.2) is 29.2 Å². The summed E-state index contributed by atoms with van der Waals surface area (Å²) in [6, 6.07) is 10.1. The van der Waals surface area contributed by atoms with Gasteiger partial charge in [-0.15, -0.1) is 0 Å². The number of hydrogen-bond acceptors (Lipinski definition) is 4. The molecule has 2 aromatic carbocycles. The summed E-state index contributed by atoms with van der Waals surface area (Å²) >= 11 is 0. The molecule has 1 aromatic heterocycles. The summed E-state index contributed by atoms with van der Waals surface area (Å²) in [6.07, 6.45) is -0.760. The van der Waals surface area contributed by atoms with Crippen molar-refractivity contribution in [3.63, 3.8) is 0 Å². The second kappa shape index (κ2) is 8.37. The molecule has 0 saturated heterocycles. The number of ether oxygens (including phenoxy) is 2. The van der Waals surface area contributed by atoms with E-state index in [1.54, 1.807) is 52.1 Å². The van der Waals surface area contributed by atoms with Crippen molar-refractivity contribution < 1.29 is 27.8 Å². The number of nitrogens with zero attached hydrogens (tertiary/aromatic N) is 2. The maximum Gasteiger partial charge on any atom is 0.419 e. The van der Waals surface area contributed by atoms with Gasteiger partial charge in [-0.2, -0.15) is 0 Å². The molecule has 0 aliphatic carbocycles. The first kappa shape index (κ1) is 22.3. The number of anilines is 1. The molecule has 1 amide bonds. The van der Waals surface area contributed by atoms with Gasteiger partial charge in [-0.05, 0) is 57.2 Å². The summed E-state index contributed by atoms with van der Waals surface area (Å²) in [5.74, 6) is -1.21. The largest absolute Gasteiger partial charge is 0.487 e. The molecule has 0 aliphatic rings. The SMILES string of the molecule is CC(=O)N(C)c1ccc(OCc2cc3c(F)cc(F)cc3n2C(=O)OC(C)(C)C)cc1. The van der Waals surface area contributed by atoms with E-state index in [9.17, 15) is 18.4 Å². The molecule has 0 atom stereocenters. The molecule has 0 radical (unpaired) electrons. The van der Waals surface area contributed by atoms with Crippen LogP contribution < -0.4 is 9.64 Å². The van der Waals surface area contributed by atoms with Gasteiger partial charge in [-0.1, -0.05) is 0 Å². The van der Waals surface area contributed by atoms with Gasteiger partial charge in [0.25, 0.3) is 0 Å². The topological polar surface area (TPSA) is 60.8 Å². The van der Waals surface area contributed by atoms with Gasteiger partial charge in [0.1, 0.15) is 29.6 Å². The van der Waals surface area contributed by atoms with E-state index in [4.69, 9.17) is 9.47 Å². The van der Waals surface area contributed by atoms with Crippen molar-refractivity contribution in [2.75, 3.05) is 11.9 Å². The minimum Gasteiger partial charge on any atom is -0.487 e. The summed E-state index contributed by atoms with van der Waals surface area (Å²) in [4.78, 5) is 25.7. The molecule has 0 spiro atoms. The molecule has 0 fully saturated rings. The van der Waals surface area contributed by atoms with Gasteiger partial charge in [-0.25, -0.2) is 18.1 Å². The van der Waals surface area contributed by atoms with Gasteiger partial charge in [0.2, 0.25) is 5.91 Å². The standard InChI is InChI=1S/C23H24F2N2O4/c1-14(28)26(5)16-6-8-18(9-7-16)30-13-17-12-19-20(25)10-15(24)11-21(19)27(17)22(29)31-23(2,3)4/h6-12H,13H2,1-5H3. The van der Waals surface area contributed by atoms with Crippen LogP contribution in [0.5, 0.6) is 5.75 Å². The van der Waals surface area contributed by atoms with Crippen molar-refractivity contribution in [2.45, 2.75) is 39.9 Å². The van der Waals surface area contributed by atoms with E-state index >= 15 is 0 Å². The number of aromatic nitrogens is 1. The summed E-state index contributed by atoms with van der Waals surface area (Å²) in [6.45, 7) is 6.48. The number of hydrogen-bond donors (Lipinski definition) is 0. The zero-order chi connectivity index (χ0) is 22.9. The number of carbonyl (C=O) groups excluding carboxylic acids is 2. The van der Waals surface area contributed by atoms with E-state index in [2.05, 4.69) is 0 Å². The van der Waals surface area contributed by atoms with E-state index < -0.39 is 23.3 Å². The Labute approximate surface area is 179 Å². The first-order valence-corrected chi connectivity index (χ1v) is 9.66. The molecule has 8 heteroatoms. The highest BCUT2D eigenvalue weighted by atomic mass is 19.1. The van der Waals surface area contributed by atoms with Crippen molar-refractivity contribution in [2.24, 2.45) is 0 Å². The van der Waals surface area contributed by atoms with E-state index in [0.29, 0.717) is 17.1 Å². The normalized spacial score (nSPS) is 11.5. The zero-order valence-corrected chi connectivity index (χ0v) is 18.0. The second-order valence-electron chi connectivity index (χ2n) is 8.13. The number of fused-ring (bicyclic) bond motifs is 1. The lowest BCUT2D eigenvalue weighted by Gasteiger charge is -2.21. The summed E-state index contributed by atoms with van der Waals surface area (Å²) in [5.41, 5.74) is 0.263. The lowest BCUT2D eigenvalue weighted by atomic mass is 10.2. The molecule has 164 valence electrons. The molecule has 3 rings (SSSR count). The molecule has 0 aliphatic heterocycles. The van der Waals surface area contributed by atoms with Gasteiger partial charge in [0.15, 0.2) is 0 Å². The quantitative estimate of drug-likeness (QED) is 0.566. The van der Waals surface area contributed by atoms with Crippen LogP contribution in [0.1, 0.15) is 33.4 Å². The van der Waals surface area contributed by atoms with Crippen molar-refractivity contribution in [3.05, 3.63) is 59.8 Å². The Balaban J connectivity index is 1.92. The maximum atomic E-state index is 14.3. The highest BCUT2D eigenvalue weighted by molar-refractivity contribution is 5.92. The molecule has 1 heterocycles. The first-order chi connectivity index (χ1) is 14.5. The highest BCUT2D eigenvalue weighted by Crippen LogP contribution is 2.27. The Morgan fingerprint density at radius 1 is 1.06 bits per heavy atom. The van der Waals surface area contributed by atoms with E-state index in [1.165, 1.54) is 17.9 Å². The fourth-order valence-electron chi connectivity index (χ4n) is 3.02. The van der Waals surface area contributed by atoms with Gasteiger partial charge in [-0.3, -0.25) is 4.79 Å². The van der Waals surface area contributed by atoms with Crippen LogP contribution >= 0.6 is 0 Å². The van der Waals surface area contributed by atoms with Gasteiger partial charge in [0, 0.05) is 31.1 Å². The molecule has 6 nitrogen and oxygen atoms in total. The average Bonchev–Trinajstić information content (AvgIpc) is 3.03. The third-order valence-electron chi connectivity index (χ3n) is 4.57. The number of rotatable bonds is 4. The zero-order valence-electron chi connectivity index (χ0n) is 18.0. The lowest BCUT2D eigenvalue weighted by molar-refractivity contribution is -0.116. The monoisotopic (exact) mass is 430 g/mol. The highest BCUT2D eigenvalue weighted by Gasteiger charge is 2.24. The molecule has 0 N–H and O–H groups in total. The van der Waals surface area contributed by atoms with E-state index in [1.807, 2.05) is 0 Å². The van der Waals surface area contributed by atoms with Gasteiger partial charge in [0.05, 0.1) is 11.2 Å². The number of benzene rings is 2. The number of amides is 1. The predicted molar refractivity (Wildman–Crippen MR) is 113 cm³/mol. The fourth-order valence-corrected chi connectivity index (χ4v) is 3.02. The smallest absolute Gasteiger partial charge is 0.419 e. The number of carbonyl (C=O) groups is 2. The van der Waals surface area contributed by atoms with Crippen molar-refractivity contribution in [1.82, 2.24) is 4.57 Å². The molecule has 0 unspecified atom stereocenters. The summed E-state index contributed by atoms with van der Waals surface area (Å²) < 4.78 is 40.4. The van der Waals surface area contributed by atoms with Crippen LogP contribution in [0.4, 0.5) is 19.3 Å². The summed E-state index contributed by atoms with van der Waals surface area (Å²) in [7, 11) is 1.66. The van der Waals surface area contributed by atoms with Crippen LogP contribution in [0.2, 0.25) is 0 Å². The molecule has 31 heavy (non-hydrogen) atoms. The predicted octanol–water partition coefficient (Wildman–Crippen LogP) is 5.26. The van der Waals surface area contributed by atoms with Crippen LogP contribution in [0.3, 0.4) is 0 Å². The first-order valence-electron chi connectivity index (χ1n) is 9.66. The Bertz CT molecular complexity index is 1130. The molecule has 0 saturated carbocycles. The summed E-state index contributed by atoms with van der Waals surface area (Å²) in [5, 5.41) is 0.0873. The van der Waals surface area contributed by atoms with Crippen molar-refractivity contribution in [3.8, 4) is 5.75 Å². The number of halogens is 2. The van der Waals surface area contributed by atoms with Gasteiger partial charge >= 0.3 is 6.09 Å². The van der Waals surface area contributed by atoms with E-state index in [-0.39, 0.29) is 23.4 Å². The molecular formula is C23H24F2N2O4. The van der Waals surface area contributed by atoms with Crippen molar-refractivity contribution in [1.29, 1.82) is 0 Å². The Hall–Kier alpha value is -3.42. The van der Waals surface area contributed by atoms with Crippen LogP contribution in [0, 0.1) is 11.6 Å². The third kappa shape index (κ3) is 5.02. The van der Waals surface area contributed by atoms with Crippen LogP contribution in [0.15, 0.2) is 42.5 Å². The fraction of sp³-hybridized carbons (Fsp3) is 0.304. The lowest BCUT2D eigenvalue weighted by Crippen LogP contribution is -2.28. The Kier molecular flexibility index (Phi) is 6.01. The Morgan fingerprint density at radius 2 is 1.71 bits per heavy atom. The molecular weight excluding hydrogens is 406 g/mol. The van der Waals surface area contributed by atoms with E-state index in [0.717, 1.165) is 16.7 Å². The minimum atomic E-state index is -0.800. The average molecular weight is 430 g/mol. The van der Waals surface area contributed by atoms with Crippen LogP contribution in [0.25, 0.3) is 10.9 Å². The molecule has 0 bridgehead atoms. The van der Waals surface area contributed by atoms with Gasteiger partial charge < -0.3 is 14.4 Å². The van der Waals surface area contributed by atoms with Crippen molar-refractivity contribution >= 4 is 28.6 Å². The third-order valence-corrected chi connectivity index (χ3v) is 4.57. The second-order valence-corrected chi connectivity index (χ2v) is 8.13.